The minimum atomic E-state index is 0.613. The molecule has 0 aliphatic heterocycles. The number of unbranched alkanes of at least 4 members (excludes halogenated alkanes) is 9. The van der Waals surface area contributed by atoms with Crippen molar-refractivity contribution in [1.82, 2.24) is 9.97 Å². The second kappa shape index (κ2) is 17.8. The van der Waals surface area contributed by atoms with Gasteiger partial charge in [0.2, 0.25) is 0 Å². The molecule has 0 unspecified atom stereocenters. The zero-order valence-corrected chi connectivity index (χ0v) is 26.2. The van der Waals surface area contributed by atoms with Crippen LogP contribution in [-0.4, -0.2) is 9.97 Å². The Bertz CT molecular complexity index is 733. The monoisotopic (exact) mass is 537 g/mol. The first-order valence-corrected chi connectivity index (χ1v) is 18.1. The minimum Gasteiger partial charge on any atom is -0.241 e. The second-order valence-corrected chi connectivity index (χ2v) is 14.2. The highest BCUT2D eigenvalue weighted by Crippen LogP contribution is 2.44. The SMILES string of the molecule is CCCCCCCCC1CCC(C2CCC(c3cnc(C4CCC(CCCCCCC)CC4)nc3)CC2)CC1. The lowest BCUT2D eigenvalue weighted by Gasteiger charge is -2.38. The normalized spacial score (nSPS) is 29.9. The molecule has 3 saturated carbocycles. The molecule has 2 nitrogen and oxygen atoms in total. The van der Waals surface area contributed by atoms with E-state index in [0.717, 1.165) is 29.5 Å². The summed E-state index contributed by atoms with van der Waals surface area (Å²) in [5.41, 5.74) is 1.43. The summed E-state index contributed by atoms with van der Waals surface area (Å²) in [6, 6.07) is 0. The van der Waals surface area contributed by atoms with Gasteiger partial charge in [0.25, 0.3) is 0 Å². The fraction of sp³-hybridized carbons (Fsp3) is 0.892. The summed E-state index contributed by atoms with van der Waals surface area (Å²) in [5.74, 6) is 6.50. The number of hydrogen-bond acceptors (Lipinski definition) is 2. The number of hydrogen-bond donors (Lipinski definition) is 0. The molecular weight excluding hydrogens is 472 g/mol. The molecule has 0 bridgehead atoms. The van der Waals surface area contributed by atoms with Crippen LogP contribution in [0, 0.1) is 23.7 Å². The molecule has 0 N–H and O–H groups in total. The molecule has 1 heterocycles. The van der Waals surface area contributed by atoms with Crippen LogP contribution >= 0.6 is 0 Å². The lowest BCUT2D eigenvalue weighted by atomic mass is 9.68. The Kier molecular flexibility index (Phi) is 14.2. The van der Waals surface area contributed by atoms with Crippen molar-refractivity contribution in [3.05, 3.63) is 23.8 Å². The van der Waals surface area contributed by atoms with E-state index < -0.39 is 0 Å². The molecule has 0 atom stereocenters. The Morgan fingerprint density at radius 3 is 1.41 bits per heavy atom. The van der Waals surface area contributed by atoms with Crippen molar-refractivity contribution >= 4 is 0 Å². The van der Waals surface area contributed by atoms with Crippen LogP contribution in [0.25, 0.3) is 0 Å². The first-order valence-electron chi connectivity index (χ1n) is 18.1. The summed E-state index contributed by atoms with van der Waals surface area (Å²) < 4.78 is 0. The third-order valence-electron chi connectivity index (χ3n) is 11.4. The molecule has 2 heteroatoms. The van der Waals surface area contributed by atoms with Crippen LogP contribution in [0.15, 0.2) is 12.4 Å². The van der Waals surface area contributed by atoms with Gasteiger partial charge in [-0.25, -0.2) is 9.97 Å². The molecule has 4 rings (SSSR count). The standard InChI is InChI=1S/C37H64N2/c1-3-5-7-9-11-13-15-30-16-20-32(21-17-30)33-24-26-34(27-25-33)36-28-38-37(39-29-36)35-22-18-31(19-23-35)14-12-10-8-6-4-2/h28-35H,3-27H2,1-2H3. The minimum absolute atomic E-state index is 0.613. The first-order chi connectivity index (χ1) is 19.3. The van der Waals surface area contributed by atoms with Gasteiger partial charge in [-0.1, -0.05) is 110 Å². The molecule has 1 aromatic rings. The maximum absolute atomic E-state index is 4.95. The van der Waals surface area contributed by atoms with Gasteiger partial charge in [0.05, 0.1) is 0 Å². The summed E-state index contributed by atoms with van der Waals surface area (Å²) >= 11 is 0. The average molecular weight is 537 g/mol. The molecule has 0 saturated heterocycles. The molecular formula is C37H64N2. The van der Waals surface area contributed by atoms with Crippen LogP contribution in [0.2, 0.25) is 0 Å². The van der Waals surface area contributed by atoms with E-state index >= 15 is 0 Å². The third-order valence-corrected chi connectivity index (χ3v) is 11.4. The van der Waals surface area contributed by atoms with Gasteiger partial charge in [-0.3, -0.25) is 0 Å². The smallest absolute Gasteiger partial charge is 0.131 e. The third kappa shape index (κ3) is 10.5. The largest absolute Gasteiger partial charge is 0.241 e. The molecule has 39 heavy (non-hydrogen) atoms. The highest BCUT2D eigenvalue weighted by molar-refractivity contribution is 5.14. The fourth-order valence-corrected chi connectivity index (χ4v) is 8.60. The van der Waals surface area contributed by atoms with Crippen molar-refractivity contribution in [2.45, 2.75) is 186 Å². The van der Waals surface area contributed by atoms with Crippen LogP contribution in [0.5, 0.6) is 0 Å². The van der Waals surface area contributed by atoms with Crippen molar-refractivity contribution < 1.29 is 0 Å². The van der Waals surface area contributed by atoms with Gasteiger partial charge in [-0.15, -0.1) is 0 Å². The topological polar surface area (TPSA) is 25.8 Å². The predicted octanol–water partition coefficient (Wildman–Crippen LogP) is 11.9. The van der Waals surface area contributed by atoms with Gasteiger partial charge in [0.1, 0.15) is 5.82 Å². The van der Waals surface area contributed by atoms with Crippen molar-refractivity contribution in [1.29, 1.82) is 0 Å². The van der Waals surface area contributed by atoms with E-state index in [9.17, 15) is 0 Å². The number of rotatable bonds is 16. The van der Waals surface area contributed by atoms with E-state index in [0.29, 0.717) is 11.8 Å². The quantitative estimate of drug-likeness (QED) is 0.196. The molecule has 3 aliphatic carbocycles. The maximum Gasteiger partial charge on any atom is 0.131 e. The molecule has 1 aromatic heterocycles. The van der Waals surface area contributed by atoms with E-state index in [-0.39, 0.29) is 0 Å². The van der Waals surface area contributed by atoms with E-state index in [1.165, 1.54) is 166 Å². The molecule has 0 radical (unpaired) electrons. The number of nitrogens with zero attached hydrogens (tertiary/aromatic N) is 2. The van der Waals surface area contributed by atoms with Gasteiger partial charge in [-0.05, 0) is 99.4 Å². The Labute approximate surface area is 243 Å². The molecule has 0 aromatic carbocycles. The van der Waals surface area contributed by atoms with Crippen molar-refractivity contribution in [2.75, 3.05) is 0 Å². The van der Waals surface area contributed by atoms with Gasteiger partial charge in [-0.2, -0.15) is 0 Å². The van der Waals surface area contributed by atoms with E-state index in [2.05, 4.69) is 26.2 Å². The Hall–Kier alpha value is -0.920. The van der Waals surface area contributed by atoms with Gasteiger partial charge < -0.3 is 0 Å². The van der Waals surface area contributed by atoms with Crippen LogP contribution in [0.1, 0.15) is 198 Å². The molecule has 0 amide bonds. The van der Waals surface area contributed by atoms with Crippen molar-refractivity contribution in [2.24, 2.45) is 23.7 Å². The van der Waals surface area contributed by atoms with Gasteiger partial charge in [0, 0.05) is 18.3 Å². The molecule has 0 spiro atoms. The maximum atomic E-state index is 4.95. The summed E-state index contributed by atoms with van der Waals surface area (Å²) in [7, 11) is 0. The van der Waals surface area contributed by atoms with E-state index in [4.69, 9.17) is 9.97 Å². The van der Waals surface area contributed by atoms with E-state index in [1.807, 2.05) is 0 Å². The molecule has 222 valence electrons. The predicted molar refractivity (Wildman–Crippen MR) is 168 cm³/mol. The Balaban J connectivity index is 1.09. The lowest BCUT2D eigenvalue weighted by molar-refractivity contribution is 0.155. The highest BCUT2D eigenvalue weighted by atomic mass is 14.9. The van der Waals surface area contributed by atoms with Crippen molar-refractivity contribution in [3.63, 3.8) is 0 Å². The zero-order chi connectivity index (χ0) is 27.1. The summed E-state index contributed by atoms with van der Waals surface area (Å²) in [6.07, 6.45) is 40.4. The summed E-state index contributed by atoms with van der Waals surface area (Å²) in [6.45, 7) is 4.63. The fourth-order valence-electron chi connectivity index (χ4n) is 8.60. The average Bonchev–Trinajstić information content (AvgIpc) is 3.00. The first kappa shape index (κ1) is 31.0. The highest BCUT2D eigenvalue weighted by Gasteiger charge is 2.31. The van der Waals surface area contributed by atoms with Crippen LogP contribution < -0.4 is 0 Å². The second-order valence-electron chi connectivity index (χ2n) is 14.2. The summed E-state index contributed by atoms with van der Waals surface area (Å²) in [4.78, 5) is 9.90. The number of aromatic nitrogens is 2. The van der Waals surface area contributed by atoms with Crippen molar-refractivity contribution in [3.8, 4) is 0 Å². The Morgan fingerprint density at radius 2 is 0.897 bits per heavy atom. The van der Waals surface area contributed by atoms with Crippen LogP contribution in [0.4, 0.5) is 0 Å². The zero-order valence-electron chi connectivity index (χ0n) is 26.2. The molecule has 3 fully saturated rings. The lowest BCUT2D eigenvalue weighted by Crippen LogP contribution is -2.25. The van der Waals surface area contributed by atoms with E-state index in [1.54, 1.807) is 0 Å². The molecule has 3 aliphatic rings. The summed E-state index contributed by atoms with van der Waals surface area (Å²) in [5, 5.41) is 0. The van der Waals surface area contributed by atoms with Gasteiger partial charge in [0.15, 0.2) is 0 Å². The van der Waals surface area contributed by atoms with Crippen LogP contribution in [0.3, 0.4) is 0 Å². The van der Waals surface area contributed by atoms with Crippen LogP contribution in [-0.2, 0) is 0 Å². The Morgan fingerprint density at radius 1 is 0.487 bits per heavy atom. The van der Waals surface area contributed by atoms with Gasteiger partial charge >= 0.3 is 0 Å².